The van der Waals surface area contributed by atoms with E-state index in [1.807, 2.05) is 29.1 Å². The summed E-state index contributed by atoms with van der Waals surface area (Å²) in [6, 6.07) is 8.13. The SMILES string of the molecule is CCn1cc(CC(CCl)Cc2ccccc2OC)cn1. The molecule has 2 rings (SSSR count). The van der Waals surface area contributed by atoms with Gasteiger partial charge in [-0.25, -0.2) is 0 Å². The summed E-state index contributed by atoms with van der Waals surface area (Å²) in [5.74, 6) is 1.96. The topological polar surface area (TPSA) is 27.1 Å². The van der Waals surface area contributed by atoms with Gasteiger partial charge in [-0.15, -0.1) is 11.6 Å². The van der Waals surface area contributed by atoms with Crippen molar-refractivity contribution in [1.29, 1.82) is 0 Å². The van der Waals surface area contributed by atoms with Crippen molar-refractivity contribution in [2.75, 3.05) is 13.0 Å². The van der Waals surface area contributed by atoms with Crippen LogP contribution < -0.4 is 4.74 Å². The first-order chi connectivity index (χ1) is 9.76. The van der Waals surface area contributed by atoms with Gasteiger partial charge in [-0.1, -0.05) is 18.2 Å². The Balaban J connectivity index is 2.05. The summed E-state index contributed by atoms with van der Waals surface area (Å²) in [6.07, 6.45) is 5.90. The third kappa shape index (κ3) is 3.76. The summed E-state index contributed by atoms with van der Waals surface area (Å²) < 4.78 is 7.35. The highest BCUT2D eigenvalue weighted by atomic mass is 35.5. The van der Waals surface area contributed by atoms with E-state index in [2.05, 4.69) is 24.3 Å². The van der Waals surface area contributed by atoms with Crippen molar-refractivity contribution in [1.82, 2.24) is 9.78 Å². The Labute approximate surface area is 125 Å². The van der Waals surface area contributed by atoms with Gasteiger partial charge in [0.25, 0.3) is 0 Å². The van der Waals surface area contributed by atoms with E-state index >= 15 is 0 Å². The molecule has 0 radical (unpaired) electrons. The number of hydrogen-bond acceptors (Lipinski definition) is 2. The lowest BCUT2D eigenvalue weighted by atomic mass is 9.95. The number of aryl methyl sites for hydroxylation is 1. The van der Waals surface area contributed by atoms with Crippen LogP contribution >= 0.6 is 11.6 Å². The van der Waals surface area contributed by atoms with Crippen LogP contribution in [-0.4, -0.2) is 22.8 Å². The van der Waals surface area contributed by atoms with Crippen molar-refractivity contribution in [3.63, 3.8) is 0 Å². The van der Waals surface area contributed by atoms with E-state index in [-0.39, 0.29) is 0 Å². The molecule has 1 aromatic heterocycles. The van der Waals surface area contributed by atoms with Crippen molar-refractivity contribution in [3.8, 4) is 5.75 Å². The normalized spacial score (nSPS) is 12.3. The van der Waals surface area contributed by atoms with E-state index in [0.29, 0.717) is 11.8 Å². The quantitative estimate of drug-likeness (QED) is 0.730. The van der Waals surface area contributed by atoms with Crippen molar-refractivity contribution in [3.05, 3.63) is 47.8 Å². The van der Waals surface area contributed by atoms with Crippen molar-refractivity contribution >= 4 is 11.6 Å². The first-order valence-electron chi connectivity index (χ1n) is 6.96. The second-order valence-corrected chi connectivity index (χ2v) is 5.25. The minimum Gasteiger partial charge on any atom is -0.496 e. The highest BCUT2D eigenvalue weighted by molar-refractivity contribution is 6.18. The van der Waals surface area contributed by atoms with Crippen molar-refractivity contribution in [2.24, 2.45) is 5.92 Å². The van der Waals surface area contributed by atoms with Crippen LogP contribution in [0.3, 0.4) is 0 Å². The van der Waals surface area contributed by atoms with E-state index in [0.717, 1.165) is 25.1 Å². The Morgan fingerprint density at radius 3 is 2.75 bits per heavy atom. The minimum atomic E-state index is 0.391. The van der Waals surface area contributed by atoms with Crippen LogP contribution in [0.1, 0.15) is 18.1 Å². The first-order valence-corrected chi connectivity index (χ1v) is 7.49. The molecule has 20 heavy (non-hydrogen) atoms. The lowest BCUT2D eigenvalue weighted by Crippen LogP contribution is -2.10. The van der Waals surface area contributed by atoms with E-state index in [1.165, 1.54) is 11.1 Å². The summed E-state index contributed by atoms with van der Waals surface area (Å²) in [5, 5.41) is 4.31. The largest absolute Gasteiger partial charge is 0.496 e. The average molecular weight is 293 g/mol. The molecule has 1 aromatic carbocycles. The number of rotatable bonds is 7. The predicted octanol–water partition coefficient (Wildman–Crippen LogP) is 3.55. The average Bonchev–Trinajstić information content (AvgIpc) is 2.94. The lowest BCUT2D eigenvalue weighted by Gasteiger charge is -2.15. The van der Waals surface area contributed by atoms with Gasteiger partial charge in [0.05, 0.1) is 13.3 Å². The van der Waals surface area contributed by atoms with Crippen LogP contribution in [0.25, 0.3) is 0 Å². The van der Waals surface area contributed by atoms with Crippen LogP contribution in [0, 0.1) is 5.92 Å². The van der Waals surface area contributed by atoms with Crippen molar-refractivity contribution < 1.29 is 4.74 Å². The fraction of sp³-hybridized carbons (Fsp3) is 0.438. The molecule has 0 fully saturated rings. The van der Waals surface area contributed by atoms with Gasteiger partial charge in [-0.2, -0.15) is 5.10 Å². The smallest absolute Gasteiger partial charge is 0.122 e. The van der Waals surface area contributed by atoms with Gasteiger partial charge >= 0.3 is 0 Å². The van der Waals surface area contributed by atoms with Gasteiger partial charge in [-0.3, -0.25) is 4.68 Å². The molecule has 4 heteroatoms. The lowest BCUT2D eigenvalue weighted by molar-refractivity contribution is 0.405. The van der Waals surface area contributed by atoms with Gasteiger partial charge in [-0.05, 0) is 42.9 Å². The molecule has 0 saturated carbocycles. The van der Waals surface area contributed by atoms with E-state index in [1.54, 1.807) is 7.11 Å². The Kier molecular flexibility index (Phi) is 5.48. The third-order valence-electron chi connectivity index (χ3n) is 3.45. The minimum absolute atomic E-state index is 0.391. The Morgan fingerprint density at radius 2 is 2.10 bits per heavy atom. The van der Waals surface area contributed by atoms with Gasteiger partial charge < -0.3 is 4.74 Å². The Hall–Kier alpha value is -1.48. The molecule has 3 nitrogen and oxygen atoms in total. The van der Waals surface area contributed by atoms with Gasteiger partial charge in [0.1, 0.15) is 5.75 Å². The standard InChI is InChI=1S/C16H21ClN2O/c1-3-19-12-14(11-18-19)8-13(10-17)9-15-6-4-5-7-16(15)20-2/h4-7,11-13H,3,8-10H2,1-2H3. The molecule has 0 aliphatic carbocycles. The van der Waals surface area contributed by atoms with Crippen LogP contribution in [0.2, 0.25) is 0 Å². The number of nitrogens with zero attached hydrogens (tertiary/aromatic N) is 2. The van der Waals surface area contributed by atoms with Crippen LogP contribution in [0.5, 0.6) is 5.75 Å². The number of aromatic nitrogens is 2. The Bertz CT molecular complexity index is 539. The maximum atomic E-state index is 6.14. The highest BCUT2D eigenvalue weighted by Gasteiger charge is 2.13. The molecule has 1 unspecified atom stereocenters. The summed E-state index contributed by atoms with van der Waals surface area (Å²) in [5.41, 5.74) is 2.45. The van der Waals surface area contributed by atoms with Crippen LogP contribution in [0.4, 0.5) is 0 Å². The monoisotopic (exact) mass is 292 g/mol. The van der Waals surface area contributed by atoms with Gasteiger partial charge in [0, 0.05) is 18.6 Å². The summed E-state index contributed by atoms with van der Waals surface area (Å²) in [6.45, 7) is 2.99. The fourth-order valence-electron chi connectivity index (χ4n) is 2.38. The summed E-state index contributed by atoms with van der Waals surface area (Å²) in [4.78, 5) is 0. The molecule has 0 amide bonds. The third-order valence-corrected chi connectivity index (χ3v) is 3.89. The summed E-state index contributed by atoms with van der Waals surface area (Å²) in [7, 11) is 1.71. The molecule has 2 aromatic rings. The molecular formula is C16H21ClN2O. The molecule has 0 N–H and O–H groups in total. The molecule has 0 aliphatic rings. The maximum absolute atomic E-state index is 6.14. The number of halogens is 1. The second-order valence-electron chi connectivity index (χ2n) is 4.94. The molecule has 0 aliphatic heterocycles. The number of alkyl halides is 1. The molecule has 0 bridgehead atoms. The van der Waals surface area contributed by atoms with Gasteiger partial charge in [0.2, 0.25) is 0 Å². The second kappa shape index (κ2) is 7.34. The van der Waals surface area contributed by atoms with E-state index in [4.69, 9.17) is 16.3 Å². The fourth-order valence-corrected chi connectivity index (χ4v) is 2.60. The number of methoxy groups -OCH3 is 1. The van der Waals surface area contributed by atoms with Crippen LogP contribution in [-0.2, 0) is 19.4 Å². The highest BCUT2D eigenvalue weighted by Crippen LogP contribution is 2.23. The number of hydrogen-bond donors (Lipinski definition) is 0. The maximum Gasteiger partial charge on any atom is 0.122 e. The molecule has 108 valence electrons. The zero-order valence-electron chi connectivity index (χ0n) is 12.1. The summed E-state index contributed by atoms with van der Waals surface area (Å²) >= 11 is 6.14. The van der Waals surface area contributed by atoms with Crippen molar-refractivity contribution in [2.45, 2.75) is 26.3 Å². The number of para-hydroxylation sites is 1. The zero-order valence-corrected chi connectivity index (χ0v) is 12.8. The van der Waals surface area contributed by atoms with Crippen LogP contribution in [0.15, 0.2) is 36.7 Å². The zero-order chi connectivity index (χ0) is 14.4. The first kappa shape index (κ1) is 14.9. The molecular weight excluding hydrogens is 272 g/mol. The molecule has 1 heterocycles. The predicted molar refractivity (Wildman–Crippen MR) is 82.5 cm³/mol. The molecule has 0 spiro atoms. The van der Waals surface area contributed by atoms with Gasteiger partial charge in [0.15, 0.2) is 0 Å². The molecule has 0 saturated heterocycles. The van der Waals surface area contributed by atoms with E-state index < -0.39 is 0 Å². The Morgan fingerprint density at radius 1 is 1.30 bits per heavy atom. The molecule has 1 atom stereocenters. The number of ether oxygens (including phenoxy) is 1. The number of benzene rings is 1. The van der Waals surface area contributed by atoms with E-state index in [9.17, 15) is 0 Å².